The van der Waals surface area contributed by atoms with Gasteiger partial charge in [0.25, 0.3) is 0 Å². The van der Waals surface area contributed by atoms with Crippen LogP contribution in [0.15, 0.2) is 18.2 Å². The average Bonchev–Trinajstić information content (AvgIpc) is 2.39. The highest BCUT2D eigenvalue weighted by molar-refractivity contribution is 6.05. The topological polar surface area (TPSA) is 74.6 Å². The molecule has 0 atom stereocenters. The molecule has 4 heteroatoms. The van der Waals surface area contributed by atoms with E-state index < -0.39 is 17.4 Å². The van der Waals surface area contributed by atoms with Crippen molar-refractivity contribution in [2.75, 3.05) is 0 Å². The summed E-state index contributed by atoms with van der Waals surface area (Å²) in [5.41, 5.74) is 0.430. The van der Waals surface area contributed by atoms with E-state index in [-0.39, 0.29) is 6.42 Å². The van der Waals surface area contributed by atoms with E-state index in [1.807, 2.05) is 26.0 Å². The monoisotopic (exact) mass is 264 g/mol. The van der Waals surface area contributed by atoms with Crippen LogP contribution < -0.4 is 0 Å². The van der Waals surface area contributed by atoms with Crippen LogP contribution in [0.3, 0.4) is 0 Å². The van der Waals surface area contributed by atoms with E-state index in [0.29, 0.717) is 12.0 Å². The van der Waals surface area contributed by atoms with Crippen LogP contribution in [0, 0.1) is 0 Å². The highest BCUT2D eigenvalue weighted by Gasteiger charge is 2.47. The van der Waals surface area contributed by atoms with Gasteiger partial charge in [-0.25, -0.2) is 0 Å². The molecule has 0 aliphatic carbocycles. The molecule has 2 N–H and O–H groups in total. The molecule has 4 nitrogen and oxygen atoms in total. The first-order valence-electron chi connectivity index (χ1n) is 6.53. The van der Waals surface area contributed by atoms with Crippen molar-refractivity contribution in [2.24, 2.45) is 0 Å². The molecule has 0 aliphatic rings. The molecule has 0 unspecified atom stereocenters. The van der Waals surface area contributed by atoms with E-state index in [2.05, 4.69) is 0 Å². The van der Waals surface area contributed by atoms with Gasteiger partial charge in [-0.2, -0.15) is 0 Å². The molecule has 0 bridgehead atoms. The van der Waals surface area contributed by atoms with Crippen LogP contribution in [0.4, 0.5) is 0 Å². The molecule has 0 saturated heterocycles. The number of benzene rings is 1. The lowest BCUT2D eigenvalue weighted by atomic mass is 9.75. The average molecular weight is 264 g/mol. The van der Waals surface area contributed by atoms with E-state index in [1.165, 1.54) is 0 Å². The first-order valence-corrected chi connectivity index (χ1v) is 6.53. The Morgan fingerprint density at radius 1 is 1.05 bits per heavy atom. The maximum atomic E-state index is 11.5. The van der Waals surface area contributed by atoms with Gasteiger partial charge in [0.05, 0.1) is 0 Å². The summed E-state index contributed by atoms with van der Waals surface area (Å²) < 4.78 is 0. The van der Waals surface area contributed by atoms with Crippen molar-refractivity contribution in [3.8, 4) is 0 Å². The van der Waals surface area contributed by atoms with E-state index >= 15 is 0 Å². The molecule has 19 heavy (non-hydrogen) atoms. The summed E-state index contributed by atoms with van der Waals surface area (Å²) in [5.74, 6) is -2.61. The van der Waals surface area contributed by atoms with Crippen molar-refractivity contribution in [3.05, 3.63) is 34.9 Å². The molecule has 1 aromatic carbocycles. The van der Waals surface area contributed by atoms with Crippen LogP contribution in [0.25, 0.3) is 0 Å². The van der Waals surface area contributed by atoms with Crippen LogP contribution >= 0.6 is 0 Å². The normalized spacial score (nSPS) is 11.3. The van der Waals surface area contributed by atoms with Gasteiger partial charge in [-0.3, -0.25) is 9.59 Å². The van der Waals surface area contributed by atoms with E-state index in [4.69, 9.17) is 0 Å². The molecule has 104 valence electrons. The minimum Gasteiger partial charge on any atom is -0.480 e. The van der Waals surface area contributed by atoms with Gasteiger partial charge in [0.2, 0.25) is 0 Å². The molecular formula is C15H20O4. The minimum atomic E-state index is -1.85. The first-order chi connectivity index (χ1) is 8.93. The molecule has 0 heterocycles. The zero-order valence-electron chi connectivity index (χ0n) is 11.6. The predicted octanol–water partition coefficient (Wildman–Crippen LogP) is 2.63. The second-order valence-corrected chi connectivity index (χ2v) is 4.57. The predicted molar refractivity (Wildman–Crippen MR) is 72.4 cm³/mol. The van der Waals surface area contributed by atoms with Crippen molar-refractivity contribution in [2.45, 2.75) is 45.4 Å². The third-order valence-electron chi connectivity index (χ3n) is 3.68. The summed E-state index contributed by atoms with van der Waals surface area (Å²) in [6, 6.07) is 5.37. The summed E-state index contributed by atoms with van der Waals surface area (Å²) >= 11 is 0. The smallest absolute Gasteiger partial charge is 0.325 e. The molecule has 1 rings (SSSR count). The highest BCUT2D eigenvalue weighted by atomic mass is 16.4. The van der Waals surface area contributed by atoms with Crippen LogP contribution in [-0.2, 0) is 27.8 Å². The molecule has 0 amide bonds. The van der Waals surface area contributed by atoms with Gasteiger partial charge in [-0.15, -0.1) is 0 Å². The Labute approximate surface area is 113 Å². The third-order valence-corrected chi connectivity index (χ3v) is 3.68. The van der Waals surface area contributed by atoms with Crippen molar-refractivity contribution < 1.29 is 19.8 Å². The molecule has 1 aromatic rings. The molecule has 0 saturated carbocycles. The summed E-state index contributed by atoms with van der Waals surface area (Å²) in [4.78, 5) is 23.1. The zero-order valence-corrected chi connectivity index (χ0v) is 11.6. The molecule has 0 aliphatic heterocycles. The zero-order chi connectivity index (χ0) is 14.6. The second kappa shape index (κ2) is 5.87. The fraction of sp³-hybridized carbons (Fsp3) is 0.467. The van der Waals surface area contributed by atoms with Crippen LogP contribution in [0.1, 0.15) is 43.9 Å². The highest BCUT2D eigenvalue weighted by Crippen LogP contribution is 2.32. The number of aryl methyl sites for hydroxylation is 2. The standard InChI is InChI=1S/C15H20O4/c1-4-10-7-8-12(11(5-2)9-10)15(6-3,13(16)17)14(18)19/h7-9H,4-6H2,1-3H3,(H,16,17)(H,18,19). The molecular weight excluding hydrogens is 244 g/mol. The Hall–Kier alpha value is -1.84. The largest absolute Gasteiger partial charge is 0.480 e. The number of carboxylic acid groups (broad SMARTS) is 2. The Bertz CT molecular complexity index is 477. The number of hydrogen-bond donors (Lipinski definition) is 2. The Morgan fingerprint density at radius 2 is 1.63 bits per heavy atom. The van der Waals surface area contributed by atoms with E-state index in [9.17, 15) is 19.8 Å². The third kappa shape index (κ3) is 2.48. The van der Waals surface area contributed by atoms with Crippen molar-refractivity contribution in [1.29, 1.82) is 0 Å². The fourth-order valence-corrected chi connectivity index (χ4v) is 2.39. The van der Waals surface area contributed by atoms with Crippen molar-refractivity contribution >= 4 is 11.9 Å². The minimum absolute atomic E-state index is 0.0239. The Balaban J connectivity index is 3.55. The van der Waals surface area contributed by atoms with Crippen molar-refractivity contribution in [1.82, 2.24) is 0 Å². The van der Waals surface area contributed by atoms with E-state index in [0.717, 1.165) is 17.5 Å². The van der Waals surface area contributed by atoms with Crippen molar-refractivity contribution in [3.63, 3.8) is 0 Å². The van der Waals surface area contributed by atoms with E-state index in [1.54, 1.807) is 13.0 Å². The van der Waals surface area contributed by atoms with Crippen LogP contribution in [-0.4, -0.2) is 22.2 Å². The maximum Gasteiger partial charge on any atom is 0.325 e. The second-order valence-electron chi connectivity index (χ2n) is 4.57. The fourth-order valence-electron chi connectivity index (χ4n) is 2.39. The number of aliphatic carboxylic acids is 2. The lowest BCUT2D eigenvalue weighted by molar-refractivity contribution is -0.157. The van der Waals surface area contributed by atoms with Gasteiger partial charge in [0.1, 0.15) is 0 Å². The number of hydrogen-bond acceptors (Lipinski definition) is 2. The number of rotatable bonds is 6. The Kier molecular flexibility index (Phi) is 4.70. The van der Waals surface area contributed by atoms with Gasteiger partial charge >= 0.3 is 11.9 Å². The van der Waals surface area contributed by atoms with Gasteiger partial charge < -0.3 is 10.2 Å². The van der Waals surface area contributed by atoms with Gasteiger partial charge in [-0.05, 0) is 36.0 Å². The lowest BCUT2D eigenvalue weighted by Gasteiger charge is -2.26. The number of carboxylic acids is 2. The maximum absolute atomic E-state index is 11.5. The molecule has 0 fully saturated rings. The lowest BCUT2D eigenvalue weighted by Crippen LogP contribution is -2.44. The summed E-state index contributed by atoms with van der Waals surface area (Å²) in [5, 5.41) is 18.8. The SMILES string of the molecule is CCc1ccc(C(CC)(C(=O)O)C(=O)O)c(CC)c1. The van der Waals surface area contributed by atoms with Crippen LogP contribution in [0.2, 0.25) is 0 Å². The Morgan fingerprint density at radius 3 is 2.00 bits per heavy atom. The molecule has 0 spiro atoms. The van der Waals surface area contributed by atoms with Gasteiger partial charge in [0.15, 0.2) is 5.41 Å². The molecule has 0 radical (unpaired) electrons. The summed E-state index contributed by atoms with van der Waals surface area (Å²) in [7, 11) is 0. The molecule has 0 aromatic heterocycles. The van der Waals surface area contributed by atoms with Crippen LogP contribution in [0.5, 0.6) is 0 Å². The summed E-state index contributed by atoms with van der Waals surface area (Å²) in [6.07, 6.45) is 1.48. The van der Waals surface area contributed by atoms with Gasteiger partial charge in [-0.1, -0.05) is 39.0 Å². The summed E-state index contributed by atoms with van der Waals surface area (Å²) in [6.45, 7) is 5.51. The first kappa shape index (κ1) is 15.2. The number of carbonyl (C=O) groups is 2. The quantitative estimate of drug-likeness (QED) is 0.774. The van der Waals surface area contributed by atoms with Gasteiger partial charge in [0, 0.05) is 0 Å².